The van der Waals surface area contributed by atoms with Gasteiger partial charge in [0, 0.05) is 29.4 Å². The fourth-order valence-electron chi connectivity index (χ4n) is 3.06. The molecule has 1 amide bonds. The van der Waals surface area contributed by atoms with E-state index in [1.165, 1.54) is 0 Å². The predicted octanol–water partition coefficient (Wildman–Crippen LogP) is 5.04. The molecule has 5 nitrogen and oxygen atoms in total. The molecule has 0 aliphatic rings. The van der Waals surface area contributed by atoms with Crippen molar-refractivity contribution in [3.63, 3.8) is 0 Å². The summed E-state index contributed by atoms with van der Waals surface area (Å²) >= 11 is 0. The van der Waals surface area contributed by atoms with Gasteiger partial charge in [0.05, 0.1) is 13.2 Å². The van der Waals surface area contributed by atoms with Gasteiger partial charge in [-0.2, -0.15) is 0 Å². The van der Waals surface area contributed by atoms with Crippen LogP contribution >= 0.6 is 0 Å². The van der Waals surface area contributed by atoms with E-state index in [-0.39, 0.29) is 6.09 Å². The molecule has 26 heavy (non-hydrogen) atoms. The fraction of sp³-hybridized carbons (Fsp3) is 0.476. The van der Waals surface area contributed by atoms with Gasteiger partial charge in [-0.25, -0.2) is 4.79 Å². The zero-order valence-electron chi connectivity index (χ0n) is 16.4. The molecule has 5 heteroatoms. The SMILES string of the molecule is CCOc1c(CC)c(OC(=O)N(CC)CC)c2ccccc2c1OCC. The maximum absolute atomic E-state index is 12.6. The van der Waals surface area contributed by atoms with E-state index in [0.717, 1.165) is 16.3 Å². The molecule has 0 N–H and O–H groups in total. The first-order chi connectivity index (χ1) is 12.6. The Kier molecular flexibility index (Phi) is 7.13. The molecule has 2 aromatic rings. The molecule has 0 unspecified atom stereocenters. The number of fused-ring (bicyclic) bond motifs is 1. The van der Waals surface area contributed by atoms with E-state index in [2.05, 4.69) is 0 Å². The van der Waals surface area contributed by atoms with Crippen molar-refractivity contribution in [2.45, 2.75) is 41.0 Å². The number of rotatable bonds is 8. The van der Waals surface area contributed by atoms with E-state index >= 15 is 0 Å². The summed E-state index contributed by atoms with van der Waals surface area (Å²) in [5, 5.41) is 1.74. The first-order valence-electron chi connectivity index (χ1n) is 9.42. The van der Waals surface area contributed by atoms with Crippen LogP contribution < -0.4 is 14.2 Å². The number of ether oxygens (including phenoxy) is 3. The molecule has 2 aromatic carbocycles. The van der Waals surface area contributed by atoms with Crippen molar-refractivity contribution in [2.24, 2.45) is 0 Å². The lowest BCUT2D eigenvalue weighted by atomic mass is 10.0. The molecule has 0 atom stereocenters. The van der Waals surface area contributed by atoms with Crippen LogP contribution in [0.1, 0.15) is 40.2 Å². The van der Waals surface area contributed by atoms with Gasteiger partial charge in [-0.1, -0.05) is 31.2 Å². The van der Waals surface area contributed by atoms with Gasteiger partial charge in [0.15, 0.2) is 11.5 Å². The number of hydrogen-bond donors (Lipinski definition) is 0. The maximum Gasteiger partial charge on any atom is 0.415 e. The summed E-state index contributed by atoms with van der Waals surface area (Å²) in [6.45, 7) is 12.0. The zero-order chi connectivity index (χ0) is 19.1. The third-order valence-electron chi connectivity index (χ3n) is 4.31. The number of carbonyl (C=O) groups excluding carboxylic acids is 1. The average molecular weight is 359 g/mol. The van der Waals surface area contributed by atoms with Crippen molar-refractivity contribution in [1.82, 2.24) is 4.90 Å². The van der Waals surface area contributed by atoms with Crippen LogP contribution in [0.15, 0.2) is 24.3 Å². The second-order valence-electron chi connectivity index (χ2n) is 5.77. The van der Waals surface area contributed by atoms with Crippen LogP contribution in [0, 0.1) is 0 Å². The quantitative estimate of drug-likeness (QED) is 0.662. The van der Waals surface area contributed by atoms with Gasteiger partial charge in [0.1, 0.15) is 5.75 Å². The van der Waals surface area contributed by atoms with E-state index in [1.807, 2.05) is 58.9 Å². The summed E-state index contributed by atoms with van der Waals surface area (Å²) in [5.74, 6) is 1.94. The number of benzene rings is 2. The van der Waals surface area contributed by atoms with Crippen molar-refractivity contribution < 1.29 is 19.0 Å². The van der Waals surface area contributed by atoms with Gasteiger partial charge >= 0.3 is 6.09 Å². The van der Waals surface area contributed by atoms with E-state index in [1.54, 1.807) is 4.90 Å². The standard InChI is InChI=1S/C21H29NO4/c1-6-15-18(26-21(23)22(7-2)8-3)16-13-11-12-14-17(16)20(25-10-5)19(15)24-9-4/h11-14H,6-10H2,1-5H3. The molecule has 0 aliphatic carbocycles. The first kappa shape index (κ1) is 19.9. The molecule has 0 radical (unpaired) electrons. The highest BCUT2D eigenvalue weighted by molar-refractivity contribution is 5.98. The van der Waals surface area contributed by atoms with Crippen molar-refractivity contribution in [1.29, 1.82) is 0 Å². The third-order valence-corrected chi connectivity index (χ3v) is 4.31. The van der Waals surface area contributed by atoms with Crippen molar-refractivity contribution >= 4 is 16.9 Å². The van der Waals surface area contributed by atoms with Crippen LogP contribution in [0.25, 0.3) is 10.8 Å². The number of nitrogens with zero attached hydrogens (tertiary/aromatic N) is 1. The number of amides is 1. The molecular weight excluding hydrogens is 330 g/mol. The first-order valence-corrected chi connectivity index (χ1v) is 9.42. The number of hydrogen-bond acceptors (Lipinski definition) is 4. The van der Waals surface area contributed by atoms with Crippen molar-refractivity contribution in [3.05, 3.63) is 29.8 Å². The Labute approximate surface area is 155 Å². The van der Waals surface area contributed by atoms with Crippen LogP contribution in [0.4, 0.5) is 4.79 Å². The second-order valence-corrected chi connectivity index (χ2v) is 5.77. The Morgan fingerprint density at radius 1 is 0.846 bits per heavy atom. The normalized spacial score (nSPS) is 10.7. The van der Waals surface area contributed by atoms with E-state index < -0.39 is 0 Å². The minimum Gasteiger partial charge on any atom is -0.490 e. The molecule has 2 rings (SSSR count). The highest BCUT2D eigenvalue weighted by Crippen LogP contribution is 2.46. The lowest BCUT2D eigenvalue weighted by molar-refractivity contribution is 0.157. The minimum absolute atomic E-state index is 0.346. The third kappa shape index (κ3) is 3.87. The molecule has 0 aromatic heterocycles. The smallest absolute Gasteiger partial charge is 0.415 e. The highest BCUT2D eigenvalue weighted by Gasteiger charge is 2.24. The van der Waals surface area contributed by atoms with Crippen LogP contribution in [0.2, 0.25) is 0 Å². The second kappa shape index (κ2) is 9.32. The Morgan fingerprint density at radius 2 is 1.38 bits per heavy atom. The Bertz CT molecular complexity index is 753. The Morgan fingerprint density at radius 3 is 1.88 bits per heavy atom. The summed E-state index contributed by atoms with van der Waals surface area (Å²) in [4.78, 5) is 14.3. The van der Waals surface area contributed by atoms with Crippen molar-refractivity contribution in [3.8, 4) is 17.2 Å². The molecule has 0 spiro atoms. The highest BCUT2D eigenvalue weighted by atomic mass is 16.6. The van der Waals surface area contributed by atoms with E-state index in [9.17, 15) is 4.79 Å². The van der Waals surface area contributed by atoms with Gasteiger partial charge < -0.3 is 19.1 Å². The van der Waals surface area contributed by atoms with Crippen LogP contribution in [-0.4, -0.2) is 37.3 Å². The van der Waals surface area contributed by atoms with Gasteiger partial charge in [-0.05, 0) is 34.1 Å². The lowest BCUT2D eigenvalue weighted by Gasteiger charge is -2.23. The molecule has 0 aliphatic heterocycles. The molecule has 0 fully saturated rings. The Hall–Kier alpha value is -2.43. The summed E-state index contributed by atoms with van der Waals surface area (Å²) < 4.78 is 17.7. The molecule has 0 saturated heterocycles. The zero-order valence-corrected chi connectivity index (χ0v) is 16.4. The maximum atomic E-state index is 12.6. The van der Waals surface area contributed by atoms with Crippen LogP contribution in [0.3, 0.4) is 0 Å². The monoisotopic (exact) mass is 359 g/mol. The lowest BCUT2D eigenvalue weighted by Crippen LogP contribution is -2.33. The van der Waals surface area contributed by atoms with E-state index in [4.69, 9.17) is 14.2 Å². The largest absolute Gasteiger partial charge is 0.490 e. The van der Waals surface area contributed by atoms with Crippen molar-refractivity contribution in [2.75, 3.05) is 26.3 Å². The Balaban J connectivity index is 2.71. The summed E-state index contributed by atoms with van der Waals surface area (Å²) in [7, 11) is 0. The molecular formula is C21H29NO4. The van der Waals surface area contributed by atoms with E-state index in [0.29, 0.717) is 50.0 Å². The molecule has 142 valence electrons. The van der Waals surface area contributed by atoms with Gasteiger partial charge in [0.2, 0.25) is 0 Å². The van der Waals surface area contributed by atoms with Crippen LogP contribution in [-0.2, 0) is 6.42 Å². The summed E-state index contributed by atoms with van der Waals surface area (Å²) in [5.41, 5.74) is 0.856. The molecule has 0 saturated carbocycles. The topological polar surface area (TPSA) is 48.0 Å². The predicted molar refractivity (Wildman–Crippen MR) is 105 cm³/mol. The van der Waals surface area contributed by atoms with Gasteiger partial charge in [-0.3, -0.25) is 0 Å². The summed E-state index contributed by atoms with van der Waals surface area (Å²) in [6, 6.07) is 7.81. The summed E-state index contributed by atoms with van der Waals surface area (Å²) in [6.07, 6.45) is 0.322. The van der Waals surface area contributed by atoms with Gasteiger partial charge in [0.25, 0.3) is 0 Å². The minimum atomic E-state index is -0.346. The molecule has 0 heterocycles. The van der Waals surface area contributed by atoms with Gasteiger partial charge in [-0.15, -0.1) is 0 Å². The fourth-order valence-corrected chi connectivity index (χ4v) is 3.06. The molecule has 0 bridgehead atoms. The number of carbonyl (C=O) groups is 1. The van der Waals surface area contributed by atoms with Crippen LogP contribution in [0.5, 0.6) is 17.2 Å². The average Bonchev–Trinajstić information content (AvgIpc) is 2.66.